The first-order valence-corrected chi connectivity index (χ1v) is 6.36. The van der Waals surface area contributed by atoms with Gasteiger partial charge in [0.25, 0.3) is 0 Å². The van der Waals surface area contributed by atoms with Crippen molar-refractivity contribution in [1.29, 1.82) is 0 Å². The fraction of sp³-hybridized carbons (Fsp3) is 0.533. The number of benzene rings is 1. The molecule has 0 bridgehead atoms. The molecule has 1 heteroatoms. The molecule has 0 saturated heterocycles. The van der Waals surface area contributed by atoms with Crippen molar-refractivity contribution in [2.24, 2.45) is 0 Å². The van der Waals surface area contributed by atoms with Crippen LogP contribution in [-0.4, -0.2) is 0 Å². The van der Waals surface area contributed by atoms with E-state index in [2.05, 4.69) is 6.92 Å². The average molecular weight is 221 g/mol. The summed E-state index contributed by atoms with van der Waals surface area (Å²) in [5, 5.41) is 0. The lowest BCUT2D eigenvalue weighted by molar-refractivity contribution is 0.595. The maximum absolute atomic E-state index is 12.6. The van der Waals surface area contributed by atoms with Gasteiger partial charge in [0, 0.05) is 0 Å². The Bertz CT molecular complexity index is 263. The van der Waals surface area contributed by atoms with Crippen molar-refractivity contribution < 1.29 is 4.39 Å². The number of aryl methyl sites for hydroxylation is 1. The van der Waals surface area contributed by atoms with Crippen molar-refractivity contribution in [2.45, 2.75) is 51.4 Å². The molecule has 0 aliphatic heterocycles. The Kier molecular flexibility index (Phi) is 6.87. The van der Waals surface area contributed by atoms with Crippen molar-refractivity contribution in [3.63, 3.8) is 0 Å². The Hall–Kier alpha value is -0.850. The van der Waals surface area contributed by atoms with Crippen LogP contribution in [0.5, 0.6) is 0 Å². The molecule has 0 fully saturated rings. The lowest BCUT2D eigenvalue weighted by Crippen LogP contribution is -1.86. The summed E-state index contributed by atoms with van der Waals surface area (Å²) < 4.78 is 12.6. The standard InChI is InChI=1S/C15H22F/c1-2-3-4-5-6-7-8-9-14-10-12-15(16)13-11-14/h10-13H,1-9H2. The zero-order chi connectivity index (χ0) is 11.6. The number of unbranched alkanes of at least 4 members (excludes halogenated alkanes) is 6. The van der Waals surface area contributed by atoms with E-state index in [1.165, 1.54) is 44.1 Å². The second-order valence-electron chi connectivity index (χ2n) is 4.35. The van der Waals surface area contributed by atoms with Gasteiger partial charge < -0.3 is 0 Å². The molecule has 0 aliphatic rings. The summed E-state index contributed by atoms with van der Waals surface area (Å²) in [6.45, 7) is 3.84. The molecule has 0 unspecified atom stereocenters. The summed E-state index contributed by atoms with van der Waals surface area (Å²) in [5.74, 6) is -0.142. The van der Waals surface area contributed by atoms with Crippen molar-refractivity contribution in [3.8, 4) is 0 Å². The van der Waals surface area contributed by atoms with Gasteiger partial charge in [0.1, 0.15) is 5.82 Å². The minimum atomic E-state index is -0.142. The Morgan fingerprint density at radius 1 is 0.812 bits per heavy atom. The maximum Gasteiger partial charge on any atom is 0.123 e. The first-order chi connectivity index (χ1) is 7.83. The molecule has 89 valence electrons. The fourth-order valence-corrected chi connectivity index (χ4v) is 1.86. The van der Waals surface area contributed by atoms with Crippen molar-refractivity contribution in [2.75, 3.05) is 0 Å². The molecule has 0 atom stereocenters. The van der Waals surface area contributed by atoms with E-state index >= 15 is 0 Å². The molecule has 1 aromatic rings. The Morgan fingerprint density at radius 3 is 2.00 bits per heavy atom. The minimum absolute atomic E-state index is 0.142. The first-order valence-electron chi connectivity index (χ1n) is 6.36. The molecule has 0 N–H and O–H groups in total. The quantitative estimate of drug-likeness (QED) is 0.546. The number of rotatable bonds is 8. The van der Waals surface area contributed by atoms with E-state index in [1.807, 2.05) is 12.1 Å². The van der Waals surface area contributed by atoms with Crippen LogP contribution in [0.3, 0.4) is 0 Å². The maximum atomic E-state index is 12.6. The molecule has 0 saturated carbocycles. The van der Waals surface area contributed by atoms with E-state index in [9.17, 15) is 4.39 Å². The molecule has 1 radical (unpaired) electrons. The third-order valence-corrected chi connectivity index (χ3v) is 2.88. The van der Waals surface area contributed by atoms with Gasteiger partial charge in [-0.15, -0.1) is 0 Å². The highest BCUT2D eigenvalue weighted by atomic mass is 19.1. The van der Waals surface area contributed by atoms with Gasteiger partial charge in [-0.2, -0.15) is 0 Å². The van der Waals surface area contributed by atoms with Gasteiger partial charge in [-0.25, -0.2) is 4.39 Å². The minimum Gasteiger partial charge on any atom is -0.207 e. The van der Waals surface area contributed by atoms with E-state index in [1.54, 1.807) is 12.1 Å². The van der Waals surface area contributed by atoms with E-state index in [0.717, 1.165) is 12.8 Å². The summed E-state index contributed by atoms with van der Waals surface area (Å²) in [5.41, 5.74) is 1.25. The summed E-state index contributed by atoms with van der Waals surface area (Å²) in [7, 11) is 0. The second kappa shape index (κ2) is 8.32. The first kappa shape index (κ1) is 13.2. The van der Waals surface area contributed by atoms with Crippen LogP contribution in [0, 0.1) is 12.7 Å². The zero-order valence-corrected chi connectivity index (χ0v) is 10.1. The van der Waals surface area contributed by atoms with Gasteiger partial charge in [0.05, 0.1) is 0 Å². The molecule has 0 heterocycles. The largest absolute Gasteiger partial charge is 0.207 e. The molecule has 0 nitrogen and oxygen atoms in total. The highest BCUT2D eigenvalue weighted by molar-refractivity contribution is 5.15. The average Bonchev–Trinajstić information content (AvgIpc) is 2.30. The molecule has 16 heavy (non-hydrogen) atoms. The molecular formula is C15H22F. The van der Waals surface area contributed by atoms with E-state index < -0.39 is 0 Å². The highest BCUT2D eigenvalue weighted by Gasteiger charge is 1.95. The van der Waals surface area contributed by atoms with Crippen molar-refractivity contribution in [3.05, 3.63) is 42.6 Å². The van der Waals surface area contributed by atoms with Crippen LogP contribution in [0.1, 0.15) is 50.5 Å². The topological polar surface area (TPSA) is 0 Å². The van der Waals surface area contributed by atoms with Gasteiger partial charge in [-0.05, 0) is 30.5 Å². The molecule has 1 rings (SSSR count). The smallest absolute Gasteiger partial charge is 0.123 e. The second-order valence-corrected chi connectivity index (χ2v) is 4.35. The molecule has 0 aromatic heterocycles. The van der Waals surface area contributed by atoms with Crippen LogP contribution in [0.4, 0.5) is 4.39 Å². The molecule has 0 spiro atoms. The lowest BCUT2D eigenvalue weighted by Gasteiger charge is -2.02. The van der Waals surface area contributed by atoms with Crippen LogP contribution in [-0.2, 0) is 6.42 Å². The Balaban J connectivity index is 2.01. The van der Waals surface area contributed by atoms with Crippen LogP contribution < -0.4 is 0 Å². The summed E-state index contributed by atoms with van der Waals surface area (Å²) >= 11 is 0. The molecule has 0 aliphatic carbocycles. The predicted molar refractivity (Wildman–Crippen MR) is 67.8 cm³/mol. The Morgan fingerprint density at radius 2 is 1.38 bits per heavy atom. The summed E-state index contributed by atoms with van der Waals surface area (Å²) in [6.07, 6.45) is 9.88. The Labute approximate surface area is 98.9 Å². The predicted octanol–water partition coefficient (Wildman–Crippen LogP) is 4.93. The van der Waals surface area contributed by atoms with Gasteiger partial charge in [-0.1, -0.05) is 57.6 Å². The van der Waals surface area contributed by atoms with Gasteiger partial charge >= 0.3 is 0 Å². The van der Waals surface area contributed by atoms with Crippen LogP contribution in [0.15, 0.2) is 24.3 Å². The normalized spacial score (nSPS) is 10.6. The molecule has 1 aromatic carbocycles. The molecule has 0 amide bonds. The van der Waals surface area contributed by atoms with Gasteiger partial charge in [-0.3, -0.25) is 0 Å². The van der Waals surface area contributed by atoms with E-state index in [4.69, 9.17) is 0 Å². The number of hydrogen-bond acceptors (Lipinski definition) is 0. The summed E-state index contributed by atoms with van der Waals surface area (Å²) in [4.78, 5) is 0. The highest BCUT2D eigenvalue weighted by Crippen LogP contribution is 2.11. The van der Waals surface area contributed by atoms with Crippen molar-refractivity contribution >= 4 is 0 Å². The number of hydrogen-bond donors (Lipinski definition) is 0. The third-order valence-electron chi connectivity index (χ3n) is 2.88. The van der Waals surface area contributed by atoms with E-state index in [-0.39, 0.29) is 5.82 Å². The van der Waals surface area contributed by atoms with Crippen molar-refractivity contribution in [1.82, 2.24) is 0 Å². The van der Waals surface area contributed by atoms with E-state index in [0.29, 0.717) is 0 Å². The SMILES string of the molecule is [CH2]CCCCCCCCc1ccc(F)cc1. The van der Waals surface area contributed by atoms with Gasteiger partial charge in [0.2, 0.25) is 0 Å². The monoisotopic (exact) mass is 221 g/mol. The third kappa shape index (κ3) is 5.89. The zero-order valence-electron chi connectivity index (χ0n) is 10.1. The lowest BCUT2D eigenvalue weighted by atomic mass is 10.0. The summed E-state index contributed by atoms with van der Waals surface area (Å²) in [6, 6.07) is 6.86. The number of halogens is 1. The molecular weight excluding hydrogens is 199 g/mol. The fourth-order valence-electron chi connectivity index (χ4n) is 1.86. The van der Waals surface area contributed by atoms with Crippen LogP contribution in [0.25, 0.3) is 0 Å². The van der Waals surface area contributed by atoms with Gasteiger partial charge in [0.15, 0.2) is 0 Å². The van der Waals surface area contributed by atoms with Crippen LogP contribution in [0.2, 0.25) is 0 Å². The van der Waals surface area contributed by atoms with Crippen LogP contribution >= 0.6 is 0 Å².